The van der Waals surface area contributed by atoms with Crippen molar-refractivity contribution in [3.63, 3.8) is 0 Å². The van der Waals surface area contributed by atoms with E-state index in [9.17, 15) is 4.79 Å². The molecule has 0 radical (unpaired) electrons. The van der Waals surface area contributed by atoms with Gasteiger partial charge in [0.25, 0.3) is 0 Å². The van der Waals surface area contributed by atoms with Gasteiger partial charge >= 0.3 is 0 Å². The second kappa shape index (κ2) is 12.2. The predicted octanol–water partition coefficient (Wildman–Crippen LogP) is 4.37. The van der Waals surface area contributed by atoms with Crippen LogP contribution in [0, 0.1) is 5.41 Å². The lowest BCUT2D eigenvalue weighted by atomic mass is 10.1. The average molecular weight is 396 g/mol. The molecule has 0 saturated heterocycles. The van der Waals surface area contributed by atoms with Gasteiger partial charge in [-0.25, -0.2) is 0 Å². The zero-order valence-electron chi connectivity index (χ0n) is 16.9. The number of hydrogen-bond acceptors (Lipinski definition) is 5. The van der Waals surface area contributed by atoms with Gasteiger partial charge in [-0.2, -0.15) is 0 Å². The van der Waals surface area contributed by atoms with Gasteiger partial charge in [0.15, 0.2) is 0 Å². The molecule has 0 aromatic heterocycles. The summed E-state index contributed by atoms with van der Waals surface area (Å²) in [5.41, 5.74) is 1.73. The molecule has 3 N–H and O–H groups in total. The number of ether oxygens (including phenoxy) is 2. The monoisotopic (exact) mass is 395 g/mol. The maximum atomic E-state index is 11.0. The molecule has 29 heavy (non-hydrogen) atoms. The Bertz CT molecular complexity index is 786. The first kappa shape index (κ1) is 22.0. The van der Waals surface area contributed by atoms with Crippen molar-refractivity contribution in [2.45, 2.75) is 25.7 Å². The molecule has 6 heteroatoms. The normalized spacial score (nSPS) is 10.1. The van der Waals surface area contributed by atoms with Gasteiger partial charge in [0.2, 0.25) is 11.8 Å². The number of benzene rings is 2. The average Bonchev–Trinajstić information content (AvgIpc) is 2.76. The van der Waals surface area contributed by atoms with Crippen LogP contribution in [0.1, 0.15) is 31.2 Å². The van der Waals surface area contributed by atoms with Gasteiger partial charge in [-0.1, -0.05) is 19.4 Å². The molecular formula is C23H29N3O3. The van der Waals surface area contributed by atoms with Gasteiger partial charge in [0.1, 0.15) is 11.5 Å². The summed E-state index contributed by atoms with van der Waals surface area (Å²) in [4.78, 5) is 11.0. The number of carbonyl (C=O) groups excluding carboxylic acids is 1. The number of methoxy groups -OCH3 is 1. The molecule has 6 nitrogen and oxygen atoms in total. The van der Waals surface area contributed by atoms with Crippen LogP contribution in [-0.4, -0.2) is 32.0 Å². The Morgan fingerprint density at radius 1 is 0.966 bits per heavy atom. The summed E-state index contributed by atoms with van der Waals surface area (Å²) in [6.45, 7) is 5.01. The van der Waals surface area contributed by atoms with E-state index in [2.05, 4.69) is 17.2 Å². The molecule has 0 aliphatic heterocycles. The van der Waals surface area contributed by atoms with Gasteiger partial charge in [0, 0.05) is 24.3 Å². The molecular weight excluding hydrogens is 366 g/mol. The van der Waals surface area contributed by atoms with Gasteiger partial charge in [-0.3, -0.25) is 10.2 Å². The molecule has 0 fully saturated rings. The Hall–Kier alpha value is -3.28. The van der Waals surface area contributed by atoms with Crippen molar-refractivity contribution in [1.29, 1.82) is 5.41 Å². The minimum atomic E-state index is -0.113. The summed E-state index contributed by atoms with van der Waals surface area (Å²) in [6, 6.07) is 14.8. The van der Waals surface area contributed by atoms with E-state index >= 15 is 0 Å². The number of carbonyl (C=O) groups is 1. The van der Waals surface area contributed by atoms with Crippen molar-refractivity contribution < 1.29 is 14.3 Å². The molecule has 154 valence electrons. The zero-order chi connectivity index (χ0) is 20.9. The first-order valence-electron chi connectivity index (χ1n) is 9.77. The fraction of sp³-hybridized carbons (Fsp3) is 0.304. The van der Waals surface area contributed by atoms with Crippen molar-refractivity contribution in [2.75, 3.05) is 25.5 Å². The molecule has 0 aliphatic rings. The number of unbranched alkanes of at least 4 members (excludes halogenated alkanes) is 3. The molecule has 0 bridgehead atoms. The lowest BCUT2D eigenvalue weighted by Gasteiger charge is -2.10. The number of rotatable bonds is 12. The molecule has 0 saturated carbocycles. The predicted molar refractivity (Wildman–Crippen MR) is 117 cm³/mol. The van der Waals surface area contributed by atoms with Crippen molar-refractivity contribution in [2.24, 2.45) is 0 Å². The van der Waals surface area contributed by atoms with Crippen molar-refractivity contribution >= 4 is 17.5 Å². The van der Waals surface area contributed by atoms with Crippen LogP contribution in [-0.2, 0) is 4.79 Å². The third kappa shape index (κ3) is 8.09. The van der Waals surface area contributed by atoms with E-state index in [0.717, 1.165) is 43.7 Å². The summed E-state index contributed by atoms with van der Waals surface area (Å²) < 4.78 is 10.7. The summed E-state index contributed by atoms with van der Waals surface area (Å²) in [5.74, 6) is 1.34. The first-order chi connectivity index (χ1) is 14.1. The highest BCUT2D eigenvalue weighted by Crippen LogP contribution is 2.19. The minimum absolute atomic E-state index is 0.102. The Morgan fingerprint density at radius 3 is 2.21 bits per heavy atom. The molecule has 1 amide bonds. The highest BCUT2D eigenvalue weighted by molar-refractivity contribution is 5.93. The topological polar surface area (TPSA) is 83.4 Å². The lowest BCUT2D eigenvalue weighted by Crippen LogP contribution is -2.21. The molecule has 0 unspecified atom stereocenters. The van der Waals surface area contributed by atoms with Crippen LogP contribution < -0.4 is 20.1 Å². The molecule has 2 rings (SSSR count). The third-order valence-electron chi connectivity index (χ3n) is 4.34. The smallest absolute Gasteiger partial charge is 0.243 e. The Labute approximate surface area is 172 Å². The highest BCUT2D eigenvalue weighted by atomic mass is 16.5. The molecule has 0 aliphatic carbocycles. The maximum absolute atomic E-state index is 11.0. The van der Waals surface area contributed by atoms with E-state index in [4.69, 9.17) is 14.9 Å². The van der Waals surface area contributed by atoms with Crippen molar-refractivity contribution in [3.8, 4) is 11.5 Å². The van der Waals surface area contributed by atoms with Crippen LogP contribution in [0.5, 0.6) is 11.5 Å². The standard InChI is InChI=1S/C23H29N3O3/c1-3-22(27)26-17-7-5-4-6-16-25-19-10-8-18(9-11-19)23(24)29-21-14-12-20(28-2)13-15-21/h3,8-15,24-25H,1,4-7,16-17H2,2H3,(H,26,27). The van der Waals surface area contributed by atoms with E-state index < -0.39 is 0 Å². The zero-order valence-corrected chi connectivity index (χ0v) is 16.9. The Balaban J connectivity index is 1.65. The third-order valence-corrected chi connectivity index (χ3v) is 4.34. The van der Waals surface area contributed by atoms with Crippen LogP contribution in [0.3, 0.4) is 0 Å². The van der Waals surface area contributed by atoms with Crippen molar-refractivity contribution in [1.82, 2.24) is 5.32 Å². The SMILES string of the molecule is C=CC(=O)NCCCCCCNc1ccc(C(=N)Oc2ccc(OC)cc2)cc1. The van der Waals surface area contributed by atoms with E-state index in [-0.39, 0.29) is 11.8 Å². The number of anilines is 1. The molecule has 0 atom stereocenters. The molecule has 2 aromatic rings. The number of nitrogens with one attached hydrogen (secondary N) is 3. The second-order valence-electron chi connectivity index (χ2n) is 6.52. The maximum Gasteiger partial charge on any atom is 0.243 e. The van der Waals surface area contributed by atoms with Crippen LogP contribution in [0.25, 0.3) is 0 Å². The van der Waals surface area contributed by atoms with Crippen LogP contribution in [0.2, 0.25) is 0 Å². The van der Waals surface area contributed by atoms with Gasteiger partial charge in [0.05, 0.1) is 7.11 Å². The van der Waals surface area contributed by atoms with E-state index in [0.29, 0.717) is 17.9 Å². The fourth-order valence-electron chi connectivity index (χ4n) is 2.68. The van der Waals surface area contributed by atoms with Gasteiger partial charge in [-0.15, -0.1) is 0 Å². The summed E-state index contributed by atoms with van der Waals surface area (Å²) in [7, 11) is 1.61. The van der Waals surface area contributed by atoms with E-state index in [1.807, 2.05) is 24.3 Å². The minimum Gasteiger partial charge on any atom is -0.497 e. The van der Waals surface area contributed by atoms with Crippen LogP contribution >= 0.6 is 0 Å². The van der Waals surface area contributed by atoms with Gasteiger partial charge < -0.3 is 20.1 Å². The molecule has 2 aromatic carbocycles. The van der Waals surface area contributed by atoms with Crippen molar-refractivity contribution in [3.05, 3.63) is 66.7 Å². The summed E-state index contributed by atoms with van der Waals surface area (Å²) in [6.07, 6.45) is 5.52. The lowest BCUT2D eigenvalue weighted by molar-refractivity contribution is -0.116. The molecule has 0 spiro atoms. The Kier molecular flexibility index (Phi) is 9.29. The fourth-order valence-corrected chi connectivity index (χ4v) is 2.68. The van der Waals surface area contributed by atoms with E-state index in [1.165, 1.54) is 6.08 Å². The van der Waals surface area contributed by atoms with Crippen LogP contribution in [0.15, 0.2) is 61.2 Å². The highest BCUT2D eigenvalue weighted by Gasteiger charge is 2.05. The first-order valence-corrected chi connectivity index (χ1v) is 9.77. The quantitative estimate of drug-likeness (QED) is 0.216. The number of hydrogen-bond donors (Lipinski definition) is 3. The van der Waals surface area contributed by atoms with Gasteiger partial charge in [-0.05, 0) is 67.4 Å². The Morgan fingerprint density at radius 2 is 1.59 bits per heavy atom. The number of amides is 1. The largest absolute Gasteiger partial charge is 0.497 e. The summed E-state index contributed by atoms with van der Waals surface area (Å²) in [5, 5.41) is 14.3. The van der Waals surface area contributed by atoms with Crippen LogP contribution in [0.4, 0.5) is 5.69 Å². The summed E-state index contributed by atoms with van der Waals surface area (Å²) >= 11 is 0. The van der Waals surface area contributed by atoms with E-state index in [1.54, 1.807) is 31.4 Å². The molecule has 0 heterocycles. The second-order valence-corrected chi connectivity index (χ2v) is 6.52.